The van der Waals surface area contributed by atoms with Gasteiger partial charge in [0.05, 0.1) is 5.69 Å². The molecule has 3 rings (SSSR count). The summed E-state index contributed by atoms with van der Waals surface area (Å²) in [6.07, 6.45) is 3.08. The minimum absolute atomic E-state index is 0.629. The molecule has 1 aliphatic rings. The number of pyridine rings is 1. The fourth-order valence-corrected chi connectivity index (χ4v) is 2.74. The predicted molar refractivity (Wildman–Crippen MR) is 77.7 cm³/mol. The zero-order chi connectivity index (χ0) is 13.1. The molecule has 1 atom stereocenters. The van der Waals surface area contributed by atoms with E-state index in [1.165, 1.54) is 12.0 Å². The van der Waals surface area contributed by atoms with Crippen LogP contribution in [0.5, 0.6) is 0 Å². The van der Waals surface area contributed by atoms with Crippen molar-refractivity contribution in [3.8, 4) is 0 Å². The van der Waals surface area contributed by atoms with Crippen LogP contribution in [0.15, 0.2) is 48.7 Å². The predicted octanol–water partition coefficient (Wildman–Crippen LogP) is 2.65. The molecule has 0 spiro atoms. The number of hydrogen-bond acceptors (Lipinski definition) is 3. The normalized spacial score (nSPS) is 19.7. The van der Waals surface area contributed by atoms with Gasteiger partial charge in [-0.3, -0.25) is 9.88 Å². The molecule has 1 unspecified atom stereocenters. The van der Waals surface area contributed by atoms with Crippen molar-refractivity contribution in [1.82, 2.24) is 9.88 Å². The van der Waals surface area contributed by atoms with Crippen LogP contribution in [0, 0.1) is 0 Å². The van der Waals surface area contributed by atoms with Crippen molar-refractivity contribution in [3.63, 3.8) is 0 Å². The summed E-state index contributed by atoms with van der Waals surface area (Å²) in [6.45, 7) is 3.21. The van der Waals surface area contributed by atoms with E-state index in [1.54, 1.807) is 0 Å². The summed E-state index contributed by atoms with van der Waals surface area (Å²) in [5.41, 5.74) is 9.13. The third-order valence-electron chi connectivity index (χ3n) is 3.79. The van der Waals surface area contributed by atoms with Gasteiger partial charge in [-0.05, 0) is 48.7 Å². The van der Waals surface area contributed by atoms with Gasteiger partial charge in [0, 0.05) is 25.0 Å². The molecule has 1 aromatic heterocycles. The molecule has 3 nitrogen and oxygen atoms in total. The average molecular weight is 253 g/mol. The first-order valence-corrected chi connectivity index (χ1v) is 6.79. The highest BCUT2D eigenvalue weighted by molar-refractivity contribution is 5.40. The highest BCUT2D eigenvalue weighted by Gasteiger charge is 2.23. The molecule has 19 heavy (non-hydrogen) atoms. The minimum Gasteiger partial charge on any atom is -0.399 e. The monoisotopic (exact) mass is 253 g/mol. The highest BCUT2D eigenvalue weighted by Crippen LogP contribution is 2.28. The maximum Gasteiger partial charge on any atom is 0.0543 e. The van der Waals surface area contributed by atoms with Gasteiger partial charge in [0.15, 0.2) is 0 Å². The summed E-state index contributed by atoms with van der Waals surface area (Å²) in [5.74, 6) is 0.629. The lowest BCUT2D eigenvalue weighted by Crippen LogP contribution is -2.20. The Kier molecular flexibility index (Phi) is 3.47. The van der Waals surface area contributed by atoms with E-state index in [4.69, 9.17) is 5.73 Å². The van der Waals surface area contributed by atoms with Gasteiger partial charge in [0.1, 0.15) is 0 Å². The van der Waals surface area contributed by atoms with Crippen LogP contribution in [-0.4, -0.2) is 23.0 Å². The molecule has 3 heteroatoms. The Bertz CT molecular complexity index is 521. The smallest absolute Gasteiger partial charge is 0.0543 e. The first-order chi connectivity index (χ1) is 9.31. The molecule has 2 heterocycles. The van der Waals surface area contributed by atoms with Crippen LogP contribution < -0.4 is 5.73 Å². The highest BCUT2D eigenvalue weighted by atomic mass is 15.1. The summed E-state index contributed by atoms with van der Waals surface area (Å²) in [5, 5.41) is 0. The Morgan fingerprint density at radius 1 is 1.16 bits per heavy atom. The molecule has 0 bridgehead atoms. The third kappa shape index (κ3) is 2.93. The van der Waals surface area contributed by atoms with E-state index in [2.05, 4.69) is 34.1 Å². The van der Waals surface area contributed by atoms with Crippen LogP contribution in [0.3, 0.4) is 0 Å². The molecule has 1 aliphatic heterocycles. The molecule has 0 saturated carbocycles. The molecular formula is C16H19N3. The number of anilines is 1. The van der Waals surface area contributed by atoms with Crippen LogP contribution in [0.4, 0.5) is 5.69 Å². The van der Waals surface area contributed by atoms with Gasteiger partial charge in [-0.15, -0.1) is 0 Å². The van der Waals surface area contributed by atoms with Crippen LogP contribution in [0.1, 0.15) is 23.6 Å². The average Bonchev–Trinajstić information content (AvgIpc) is 2.89. The van der Waals surface area contributed by atoms with Crippen LogP contribution >= 0.6 is 0 Å². The third-order valence-corrected chi connectivity index (χ3v) is 3.79. The van der Waals surface area contributed by atoms with E-state index in [0.29, 0.717) is 5.92 Å². The van der Waals surface area contributed by atoms with E-state index in [1.807, 2.05) is 24.4 Å². The van der Waals surface area contributed by atoms with Gasteiger partial charge in [0.25, 0.3) is 0 Å². The Labute approximate surface area is 114 Å². The molecule has 1 saturated heterocycles. The number of benzene rings is 1. The summed E-state index contributed by atoms with van der Waals surface area (Å²) >= 11 is 0. The molecule has 0 radical (unpaired) electrons. The van der Waals surface area contributed by atoms with Gasteiger partial charge >= 0.3 is 0 Å². The molecule has 0 aliphatic carbocycles. The van der Waals surface area contributed by atoms with Crippen molar-refractivity contribution < 1.29 is 0 Å². The fourth-order valence-electron chi connectivity index (χ4n) is 2.74. The second kappa shape index (κ2) is 5.41. The van der Waals surface area contributed by atoms with Crippen LogP contribution in [-0.2, 0) is 6.54 Å². The largest absolute Gasteiger partial charge is 0.399 e. The molecule has 1 fully saturated rings. The number of nitrogen functional groups attached to an aromatic ring is 1. The van der Waals surface area contributed by atoms with Crippen molar-refractivity contribution in [3.05, 3.63) is 59.9 Å². The standard InChI is InChI=1S/C16H19N3/c17-15-6-4-13(5-7-15)14-8-10-19(11-14)12-16-3-1-2-9-18-16/h1-7,9,14H,8,10-12,17H2. The lowest BCUT2D eigenvalue weighted by atomic mass is 9.98. The van der Waals surface area contributed by atoms with Crippen molar-refractivity contribution in [2.75, 3.05) is 18.8 Å². The van der Waals surface area contributed by atoms with Gasteiger partial charge in [0.2, 0.25) is 0 Å². The van der Waals surface area contributed by atoms with Gasteiger partial charge < -0.3 is 5.73 Å². The number of aromatic nitrogens is 1. The lowest BCUT2D eigenvalue weighted by Gasteiger charge is -2.15. The Morgan fingerprint density at radius 3 is 2.74 bits per heavy atom. The zero-order valence-electron chi connectivity index (χ0n) is 11.0. The number of hydrogen-bond donors (Lipinski definition) is 1. The first kappa shape index (κ1) is 12.2. The summed E-state index contributed by atoms with van der Waals surface area (Å²) in [7, 11) is 0. The van der Waals surface area contributed by atoms with E-state index in [9.17, 15) is 0 Å². The second-order valence-electron chi connectivity index (χ2n) is 5.21. The lowest BCUT2D eigenvalue weighted by molar-refractivity contribution is 0.323. The maximum atomic E-state index is 5.74. The number of nitrogens with two attached hydrogens (primary N) is 1. The zero-order valence-corrected chi connectivity index (χ0v) is 11.0. The second-order valence-corrected chi connectivity index (χ2v) is 5.21. The fraction of sp³-hybridized carbons (Fsp3) is 0.312. The molecule has 0 amide bonds. The van der Waals surface area contributed by atoms with E-state index in [-0.39, 0.29) is 0 Å². The molecule has 98 valence electrons. The van der Waals surface area contributed by atoms with Crippen LogP contribution in [0.2, 0.25) is 0 Å². The van der Waals surface area contributed by atoms with E-state index < -0.39 is 0 Å². The Balaban J connectivity index is 1.62. The van der Waals surface area contributed by atoms with Gasteiger partial charge in [-0.2, -0.15) is 0 Å². The summed E-state index contributed by atoms with van der Waals surface area (Å²) < 4.78 is 0. The summed E-state index contributed by atoms with van der Waals surface area (Å²) in [4.78, 5) is 6.87. The Hall–Kier alpha value is -1.87. The number of rotatable bonds is 3. The first-order valence-electron chi connectivity index (χ1n) is 6.79. The molecule has 2 aromatic rings. The van der Waals surface area contributed by atoms with Crippen molar-refractivity contribution >= 4 is 5.69 Å². The van der Waals surface area contributed by atoms with Gasteiger partial charge in [-0.1, -0.05) is 18.2 Å². The van der Waals surface area contributed by atoms with Crippen LogP contribution in [0.25, 0.3) is 0 Å². The Morgan fingerprint density at radius 2 is 2.00 bits per heavy atom. The molecule has 2 N–H and O–H groups in total. The summed E-state index contributed by atoms with van der Waals surface area (Å²) in [6, 6.07) is 14.4. The van der Waals surface area contributed by atoms with E-state index >= 15 is 0 Å². The van der Waals surface area contributed by atoms with E-state index in [0.717, 1.165) is 31.0 Å². The molecule has 1 aromatic carbocycles. The minimum atomic E-state index is 0.629. The number of likely N-dealkylation sites (tertiary alicyclic amines) is 1. The number of nitrogens with zero attached hydrogens (tertiary/aromatic N) is 2. The van der Waals surface area contributed by atoms with Crippen molar-refractivity contribution in [2.24, 2.45) is 0 Å². The van der Waals surface area contributed by atoms with Crippen molar-refractivity contribution in [1.29, 1.82) is 0 Å². The maximum absolute atomic E-state index is 5.74. The van der Waals surface area contributed by atoms with Crippen molar-refractivity contribution in [2.45, 2.75) is 18.9 Å². The SMILES string of the molecule is Nc1ccc(C2CCN(Cc3ccccn3)C2)cc1. The topological polar surface area (TPSA) is 42.1 Å². The molecular weight excluding hydrogens is 234 g/mol. The van der Waals surface area contributed by atoms with Gasteiger partial charge in [-0.25, -0.2) is 0 Å². The quantitative estimate of drug-likeness (QED) is 0.855.